The molecule has 0 spiro atoms. The highest BCUT2D eigenvalue weighted by Crippen LogP contribution is 2.46. The van der Waals surface area contributed by atoms with Crippen molar-refractivity contribution in [1.82, 2.24) is 10.2 Å². The summed E-state index contributed by atoms with van der Waals surface area (Å²) >= 11 is 0. The lowest BCUT2D eigenvalue weighted by Gasteiger charge is -2.31. The standard InChI is InChI=1S/C15H22F3N3O3/c1-10(5-7-19)20-11(22)14(15(16,17)18)6-8-21(9-14)12(23)24-13(2,3)4/h10H,5-6,8-9H2,1-4H3,(H,20,22)/t10-,14+/m1/s1. The van der Waals surface area contributed by atoms with E-state index in [2.05, 4.69) is 5.32 Å². The van der Waals surface area contributed by atoms with Gasteiger partial charge in [0.2, 0.25) is 5.91 Å². The maximum absolute atomic E-state index is 13.6. The van der Waals surface area contributed by atoms with Crippen LogP contribution in [0.5, 0.6) is 0 Å². The van der Waals surface area contributed by atoms with Crippen molar-refractivity contribution in [2.75, 3.05) is 13.1 Å². The van der Waals surface area contributed by atoms with E-state index in [0.717, 1.165) is 4.90 Å². The first-order valence-electron chi connectivity index (χ1n) is 7.55. The number of nitrogens with zero attached hydrogens (tertiary/aromatic N) is 2. The highest BCUT2D eigenvalue weighted by molar-refractivity contribution is 5.85. The first-order chi connectivity index (χ1) is 10.8. The second kappa shape index (κ2) is 6.87. The third-order valence-electron chi connectivity index (χ3n) is 3.67. The van der Waals surface area contributed by atoms with Gasteiger partial charge in [0.1, 0.15) is 5.60 Å². The van der Waals surface area contributed by atoms with Gasteiger partial charge in [0.15, 0.2) is 5.41 Å². The first-order valence-corrected chi connectivity index (χ1v) is 7.55. The second-order valence-electron chi connectivity index (χ2n) is 6.97. The zero-order valence-corrected chi connectivity index (χ0v) is 14.2. The number of carbonyl (C=O) groups excluding carboxylic acids is 2. The van der Waals surface area contributed by atoms with Crippen LogP contribution in [0, 0.1) is 16.7 Å². The van der Waals surface area contributed by atoms with Crippen LogP contribution in [-0.2, 0) is 9.53 Å². The van der Waals surface area contributed by atoms with E-state index in [1.54, 1.807) is 26.8 Å². The van der Waals surface area contributed by atoms with Crippen molar-refractivity contribution in [1.29, 1.82) is 5.26 Å². The molecule has 0 unspecified atom stereocenters. The minimum Gasteiger partial charge on any atom is -0.444 e. The van der Waals surface area contributed by atoms with Crippen molar-refractivity contribution < 1.29 is 27.5 Å². The number of hydrogen-bond acceptors (Lipinski definition) is 4. The van der Waals surface area contributed by atoms with Crippen LogP contribution in [0.4, 0.5) is 18.0 Å². The molecule has 1 heterocycles. The normalized spacial score (nSPS) is 22.7. The van der Waals surface area contributed by atoms with Crippen molar-refractivity contribution in [2.24, 2.45) is 5.41 Å². The SMILES string of the molecule is C[C@H](CC#N)NC(=O)[C@]1(C(F)(F)F)CCN(C(=O)OC(C)(C)C)C1. The van der Waals surface area contributed by atoms with E-state index < -0.39 is 48.2 Å². The monoisotopic (exact) mass is 349 g/mol. The largest absolute Gasteiger partial charge is 0.444 e. The number of halogens is 3. The number of nitrogens with one attached hydrogen (secondary N) is 1. The molecule has 0 aromatic carbocycles. The summed E-state index contributed by atoms with van der Waals surface area (Å²) in [4.78, 5) is 25.1. The topological polar surface area (TPSA) is 82.4 Å². The summed E-state index contributed by atoms with van der Waals surface area (Å²) in [5, 5.41) is 10.8. The predicted octanol–water partition coefficient (Wildman–Crippen LogP) is 2.59. The van der Waals surface area contributed by atoms with Gasteiger partial charge in [-0.25, -0.2) is 4.79 Å². The quantitative estimate of drug-likeness (QED) is 0.849. The molecule has 1 fully saturated rings. The van der Waals surface area contributed by atoms with Gasteiger partial charge in [-0.2, -0.15) is 18.4 Å². The van der Waals surface area contributed by atoms with Gasteiger partial charge in [-0.1, -0.05) is 0 Å². The van der Waals surface area contributed by atoms with Crippen LogP contribution in [0.15, 0.2) is 0 Å². The van der Waals surface area contributed by atoms with E-state index in [4.69, 9.17) is 10.00 Å². The third kappa shape index (κ3) is 4.52. The van der Waals surface area contributed by atoms with E-state index in [-0.39, 0.29) is 13.0 Å². The van der Waals surface area contributed by atoms with Crippen LogP contribution < -0.4 is 5.32 Å². The number of carbonyl (C=O) groups is 2. The lowest BCUT2D eigenvalue weighted by atomic mass is 9.85. The number of amides is 2. The molecule has 1 aliphatic heterocycles. The van der Waals surface area contributed by atoms with E-state index in [1.165, 1.54) is 6.92 Å². The highest BCUT2D eigenvalue weighted by atomic mass is 19.4. The Bertz CT molecular complexity index is 537. The van der Waals surface area contributed by atoms with Gasteiger partial charge in [-0.05, 0) is 34.1 Å². The Morgan fingerprint density at radius 3 is 2.42 bits per heavy atom. The van der Waals surface area contributed by atoms with Gasteiger partial charge in [0.05, 0.1) is 12.5 Å². The molecule has 1 saturated heterocycles. The lowest BCUT2D eigenvalue weighted by molar-refractivity contribution is -0.217. The van der Waals surface area contributed by atoms with E-state index in [0.29, 0.717) is 0 Å². The molecule has 0 aromatic rings. The Balaban J connectivity index is 2.95. The Morgan fingerprint density at radius 2 is 1.96 bits per heavy atom. The summed E-state index contributed by atoms with van der Waals surface area (Å²) < 4.78 is 45.8. The maximum Gasteiger partial charge on any atom is 0.410 e. The van der Waals surface area contributed by atoms with Crippen LogP contribution in [-0.4, -0.2) is 47.8 Å². The fourth-order valence-electron chi connectivity index (χ4n) is 2.39. The number of likely N-dealkylation sites (tertiary alicyclic amines) is 1. The zero-order valence-electron chi connectivity index (χ0n) is 14.2. The van der Waals surface area contributed by atoms with Gasteiger partial charge >= 0.3 is 12.3 Å². The van der Waals surface area contributed by atoms with Crippen molar-refractivity contribution in [3.63, 3.8) is 0 Å². The Hall–Kier alpha value is -1.98. The van der Waals surface area contributed by atoms with E-state index in [1.807, 2.05) is 0 Å². The Labute approximate surface area is 138 Å². The molecule has 24 heavy (non-hydrogen) atoms. The highest BCUT2D eigenvalue weighted by Gasteiger charge is 2.64. The van der Waals surface area contributed by atoms with Gasteiger partial charge in [0.25, 0.3) is 0 Å². The van der Waals surface area contributed by atoms with Crippen molar-refractivity contribution in [3.8, 4) is 6.07 Å². The molecule has 6 nitrogen and oxygen atoms in total. The van der Waals surface area contributed by atoms with Crippen LogP contribution in [0.2, 0.25) is 0 Å². The van der Waals surface area contributed by atoms with Crippen molar-refractivity contribution in [3.05, 3.63) is 0 Å². The van der Waals surface area contributed by atoms with Crippen molar-refractivity contribution >= 4 is 12.0 Å². The fraction of sp³-hybridized carbons (Fsp3) is 0.800. The second-order valence-corrected chi connectivity index (χ2v) is 6.97. The lowest BCUT2D eigenvalue weighted by Crippen LogP contribution is -2.54. The fourth-order valence-corrected chi connectivity index (χ4v) is 2.39. The number of nitriles is 1. The molecule has 0 bridgehead atoms. The molecule has 0 radical (unpaired) electrons. The molecule has 136 valence electrons. The average molecular weight is 349 g/mol. The number of rotatable bonds is 3. The molecular weight excluding hydrogens is 327 g/mol. The molecule has 9 heteroatoms. The smallest absolute Gasteiger partial charge is 0.410 e. The van der Waals surface area contributed by atoms with Crippen LogP contribution >= 0.6 is 0 Å². The predicted molar refractivity (Wildman–Crippen MR) is 78.7 cm³/mol. The summed E-state index contributed by atoms with van der Waals surface area (Å²) in [5.74, 6) is -1.22. The van der Waals surface area contributed by atoms with Gasteiger partial charge < -0.3 is 15.0 Å². The molecule has 2 amide bonds. The van der Waals surface area contributed by atoms with Gasteiger partial charge in [-0.15, -0.1) is 0 Å². The van der Waals surface area contributed by atoms with E-state index >= 15 is 0 Å². The Kier molecular flexibility index (Phi) is 5.74. The van der Waals surface area contributed by atoms with Gasteiger partial charge in [-0.3, -0.25) is 4.79 Å². The average Bonchev–Trinajstić information content (AvgIpc) is 2.82. The minimum absolute atomic E-state index is 0.102. The molecule has 1 rings (SSSR count). The molecule has 0 saturated carbocycles. The summed E-state index contributed by atoms with van der Waals surface area (Å²) in [7, 11) is 0. The van der Waals surface area contributed by atoms with Crippen LogP contribution in [0.3, 0.4) is 0 Å². The van der Waals surface area contributed by atoms with E-state index in [9.17, 15) is 22.8 Å². The number of alkyl halides is 3. The zero-order chi connectivity index (χ0) is 18.8. The van der Waals surface area contributed by atoms with Crippen molar-refractivity contribution in [2.45, 2.75) is 58.4 Å². The van der Waals surface area contributed by atoms with Crippen LogP contribution in [0.25, 0.3) is 0 Å². The summed E-state index contributed by atoms with van der Waals surface area (Å²) in [6.07, 6.45) is -6.34. The molecule has 2 atom stereocenters. The minimum atomic E-state index is -4.82. The maximum atomic E-state index is 13.6. The molecule has 0 aliphatic carbocycles. The summed E-state index contributed by atoms with van der Waals surface area (Å²) in [5.41, 5.74) is -3.53. The molecule has 1 aliphatic rings. The Morgan fingerprint density at radius 1 is 1.38 bits per heavy atom. The first kappa shape index (κ1) is 20.1. The molecular formula is C15H22F3N3O3. The third-order valence-corrected chi connectivity index (χ3v) is 3.67. The molecule has 0 aromatic heterocycles. The molecule has 1 N–H and O–H groups in total. The summed E-state index contributed by atoms with van der Waals surface area (Å²) in [6.45, 7) is 5.24. The van der Waals surface area contributed by atoms with Crippen LogP contribution in [0.1, 0.15) is 40.5 Å². The number of hydrogen-bond donors (Lipinski definition) is 1. The number of ether oxygens (including phenoxy) is 1. The summed E-state index contributed by atoms with van der Waals surface area (Å²) in [6, 6.07) is 1.08. The van der Waals surface area contributed by atoms with Gasteiger partial charge in [0, 0.05) is 19.1 Å².